The maximum atomic E-state index is 12.1. The SMILES string of the molecule is COc1cc(C(=O)c2csc(C)n2)ccc1Cl. The Morgan fingerprint density at radius 1 is 1.47 bits per heavy atom. The molecule has 3 nitrogen and oxygen atoms in total. The van der Waals surface area contributed by atoms with Crippen molar-refractivity contribution in [2.45, 2.75) is 6.92 Å². The second-order valence-corrected chi connectivity index (χ2v) is 4.90. The molecule has 0 spiro atoms. The van der Waals surface area contributed by atoms with Gasteiger partial charge in [0.15, 0.2) is 0 Å². The Balaban J connectivity index is 2.37. The Kier molecular flexibility index (Phi) is 3.45. The summed E-state index contributed by atoms with van der Waals surface area (Å²) in [5, 5.41) is 3.10. The number of benzene rings is 1. The molecule has 0 saturated heterocycles. The van der Waals surface area contributed by atoms with Crippen molar-refractivity contribution in [3.8, 4) is 5.75 Å². The van der Waals surface area contributed by atoms with Crippen molar-refractivity contribution in [1.82, 2.24) is 4.98 Å². The Labute approximate surface area is 108 Å². The van der Waals surface area contributed by atoms with Gasteiger partial charge in [0.05, 0.1) is 17.1 Å². The molecule has 88 valence electrons. The number of ether oxygens (including phenoxy) is 1. The van der Waals surface area contributed by atoms with Gasteiger partial charge in [0, 0.05) is 10.9 Å². The van der Waals surface area contributed by atoms with Gasteiger partial charge in [-0.25, -0.2) is 4.98 Å². The first-order valence-electron chi connectivity index (χ1n) is 4.92. The second-order valence-electron chi connectivity index (χ2n) is 3.43. The number of aryl methyl sites for hydroxylation is 1. The van der Waals surface area contributed by atoms with Crippen molar-refractivity contribution in [3.05, 3.63) is 44.9 Å². The molecule has 0 N–H and O–H groups in total. The number of ketones is 1. The smallest absolute Gasteiger partial charge is 0.212 e. The summed E-state index contributed by atoms with van der Waals surface area (Å²) in [6, 6.07) is 4.94. The van der Waals surface area contributed by atoms with E-state index < -0.39 is 0 Å². The van der Waals surface area contributed by atoms with Crippen LogP contribution in [0.4, 0.5) is 0 Å². The van der Waals surface area contributed by atoms with E-state index in [0.29, 0.717) is 22.0 Å². The molecule has 0 aliphatic carbocycles. The first-order valence-corrected chi connectivity index (χ1v) is 6.18. The molecular formula is C12H10ClNO2S. The van der Waals surface area contributed by atoms with Crippen LogP contribution in [0.2, 0.25) is 5.02 Å². The Hall–Kier alpha value is -1.39. The lowest BCUT2D eigenvalue weighted by atomic mass is 10.1. The molecule has 5 heteroatoms. The van der Waals surface area contributed by atoms with Gasteiger partial charge < -0.3 is 4.74 Å². The fraction of sp³-hybridized carbons (Fsp3) is 0.167. The number of aromatic nitrogens is 1. The first-order chi connectivity index (χ1) is 8.11. The number of hydrogen-bond donors (Lipinski definition) is 0. The predicted molar refractivity (Wildman–Crippen MR) is 68.3 cm³/mol. The number of nitrogens with zero attached hydrogens (tertiary/aromatic N) is 1. The summed E-state index contributed by atoms with van der Waals surface area (Å²) in [5.41, 5.74) is 0.980. The molecule has 1 heterocycles. The van der Waals surface area contributed by atoms with Gasteiger partial charge in [0.1, 0.15) is 11.4 Å². The highest BCUT2D eigenvalue weighted by Crippen LogP contribution is 2.26. The summed E-state index contributed by atoms with van der Waals surface area (Å²) in [7, 11) is 1.52. The van der Waals surface area contributed by atoms with Crippen molar-refractivity contribution >= 4 is 28.7 Å². The van der Waals surface area contributed by atoms with Crippen LogP contribution in [0.5, 0.6) is 5.75 Å². The van der Waals surface area contributed by atoms with Gasteiger partial charge in [0.2, 0.25) is 5.78 Å². The Bertz CT molecular complexity index is 565. The Morgan fingerprint density at radius 2 is 2.24 bits per heavy atom. The fourth-order valence-electron chi connectivity index (χ4n) is 1.42. The van der Waals surface area contributed by atoms with Gasteiger partial charge in [-0.05, 0) is 25.1 Å². The molecule has 0 aliphatic rings. The zero-order chi connectivity index (χ0) is 12.4. The number of carbonyl (C=O) groups is 1. The summed E-state index contributed by atoms with van der Waals surface area (Å²) in [4.78, 5) is 16.2. The molecule has 0 fully saturated rings. The quantitative estimate of drug-likeness (QED) is 0.801. The Morgan fingerprint density at radius 3 is 2.82 bits per heavy atom. The minimum Gasteiger partial charge on any atom is -0.495 e. The number of halogens is 1. The van der Waals surface area contributed by atoms with Gasteiger partial charge in [-0.15, -0.1) is 11.3 Å². The van der Waals surface area contributed by atoms with Crippen LogP contribution in [0.25, 0.3) is 0 Å². The number of rotatable bonds is 3. The van der Waals surface area contributed by atoms with E-state index in [-0.39, 0.29) is 5.78 Å². The summed E-state index contributed by atoms with van der Waals surface area (Å²) in [6.45, 7) is 1.86. The van der Waals surface area contributed by atoms with Crippen LogP contribution in [0, 0.1) is 6.92 Å². The van der Waals surface area contributed by atoms with Crippen LogP contribution < -0.4 is 4.74 Å². The zero-order valence-electron chi connectivity index (χ0n) is 9.36. The van der Waals surface area contributed by atoms with Crippen LogP contribution in [-0.2, 0) is 0 Å². The largest absolute Gasteiger partial charge is 0.495 e. The van der Waals surface area contributed by atoms with Crippen LogP contribution in [-0.4, -0.2) is 17.9 Å². The third kappa shape index (κ3) is 2.48. The van der Waals surface area contributed by atoms with E-state index in [4.69, 9.17) is 16.3 Å². The standard InChI is InChI=1S/C12H10ClNO2S/c1-7-14-10(6-17-7)12(15)8-3-4-9(13)11(5-8)16-2/h3-6H,1-2H3. The van der Waals surface area contributed by atoms with Gasteiger partial charge in [0.25, 0.3) is 0 Å². The van der Waals surface area contributed by atoms with Gasteiger partial charge in [-0.3, -0.25) is 4.79 Å². The molecule has 2 aromatic rings. The summed E-state index contributed by atoms with van der Waals surface area (Å²) >= 11 is 7.35. The molecule has 17 heavy (non-hydrogen) atoms. The molecule has 1 aromatic carbocycles. The number of hydrogen-bond acceptors (Lipinski definition) is 4. The van der Waals surface area contributed by atoms with E-state index >= 15 is 0 Å². The minimum absolute atomic E-state index is 0.121. The summed E-state index contributed by atoms with van der Waals surface area (Å²) in [6.07, 6.45) is 0. The van der Waals surface area contributed by atoms with E-state index in [9.17, 15) is 4.79 Å². The zero-order valence-corrected chi connectivity index (χ0v) is 10.9. The molecule has 0 aliphatic heterocycles. The molecule has 0 saturated carbocycles. The molecule has 0 radical (unpaired) electrons. The minimum atomic E-state index is -0.121. The second kappa shape index (κ2) is 4.85. The lowest BCUT2D eigenvalue weighted by Gasteiger charge is -2.04. The van der Waals surface area contributed by atoms with Gasteiger partial charge in [-0.1, -0.05) is 11.6 Å². The normalized spacial score (nSPS) is 10.3. The summed E-state index contributed by atoms with van der Waals surface area (Å²) in [5.74, 6) is 0.369. The van der Waals surface area contributed by atoms with E-state index in [1.165, 1.54) is 18.4 Å². The highest BCUT2D eigenvalue weighted by Gasteiger charge is 2.14. The van der Waals surface area contributed by atoms with Gasteiger partial charge >= 0.3 is 0 Å². The third-order valence-electron chi connectivity index (χ3n) is 2.26. The molecular weight excluding hydrogens is 258 g/mol. The number of thiazole rings is 1. The van der Waals surface area contributed by atoms with E-state index in [0.717, 1.165) is 5.01 Å². The first kappa shape index (κ1) is 12.1. The molecule has 1 aromatic heterocycles. The molecule has 0 amide bonds. The van der Waals surface area contributed by atoms with E-state index in [2.05, 4.69) is 4.98 Å². The maximum Gasteiger partial charge on any atom is 0.212 e. The van der Waals surface area contributed by atoms with Crippen LogP contribution >= 0.6 is 22.9 Å². The highest BCUT2D eigenvalue weighted by atomic mass is 35.5. The molecule has 0 unspecified atom stereocenters. The fourth-order valence-corrected chi connectivity index (χ4v) is 2.20. The average Bonchev–Trinajstić information content (AvgIpc) is 2.75. The van der Waals surface area contributed by atoms with Crippen LogP contribution in [0.1, 0.15) is 21.1 Å². The third-order valence-corrected chi connectivity index (χ3v) is 3.35. The lowest BCUT2D eigenvalue weighted by molar-refractivity contribution is 0.103. The van der Waals surface area contributed by atoms with Crippen LogP contribution in [0.15, 0.2) is 23.6 Å². The van der Waals surface area contributed by atoms with Crippen molar-refractivity contribution in [3.63, 3.8) is 0 Å². The van der Waals surface area contributed by atoms with Gasteiger partial charge in [-0.2, -0.15) is 0 Å². The maximum absolute atomic E-state index is 12.1. The predicted octanol–water partition coefficient (Wildman–Crippen LogP) is 3.34. The molecule has 0 atom stereocenters. The van der Waals surface area contributed by atoms with Crippen molar-refractivity contribution in [2.24, 2.45) is 0 Å². The van der Waals surface area contributed by atoms with Crippen molar-refractivity contribution in [1.29, 1.82) is 0 Å². The number of methoxy groups -OCH3 is 1. The average molecular weight is 268 g/mol. The van der Waals surface area contributed by atoms with Crippen molar-refractivity contribution in [2.75, 3.05) is 7.11 Å². The number of carbonyl (C=O) groups excluding carboxylic acids is 1. The highest BCUT2D eigenvalue weighted by molar-refractivity contribution is 7.09. The van der Waals surface area contributed by atoms with Crippen molar-refractivity contribution < 1.29 is 9.53 Å². The molecule has 2 rings (SSSR count). The monoisotopic (exact) mass is 267 g/mol. The lowest BCUT2D eigenvalue weighted by Crippen LogP contribution is -2.02. The summed E-state index contributed by atoms with van der Waals surface area (Å²) < 4.78 is 5.07. The van der Waals surface area contributed by atoms with E-state index in [1.807, 2.05) is 6.92 Å². The van der Waals surface area contributed by atoms with Crippen LogP contribution in [0.3, 0.4) is 0 Å². The topological polar surface area (TPSA) is 39.2 Å². The molecule has 0 bridgehead atoms. The van der Waals surface area contributed by atoms with E-state index in [1.54, 1.807) is 23.6 Å².